The first-order chi connectivity index (χ1) is 6.93. The maximum atomic E-state index is 6.31. The average molecular weight is 247 g/mol. The topological polar surface area (TPSA) is 29.3 Å². The highest BCUT2D eigenvalue weighted by atomic mass is 35.5. The fraction of sp³-hybridized carbons (Fsp3) is 0.636. The third-order valence-electron chi connectivity index (χ3n) is 3.33. The first-order valence-electron chi connectivity index (χ1n) is 5.09. The molecule has 0 aliphatic carbocycles. The number of nitrogens with two attached hydrogens (primary N) is 1. The predicted molar refractivity (Wildman–Crippen MR) is 68.6 cm³/mol. The summed E-state index contributed by atoms with van der Waals surface area (Å²) in [5, 5.41) is 2.78. The highest BCUT2D eigenvalue weighted by Gasteiger charge is 2.34. The Morgan fingerprint density at radius 1 is 1.60 bits per heavy atom. The maximum absolute atomic E-state index is 6.31. The molecule has 2 unspecified atom stereocenters. The molecular weight excluding hydrogens is 228 g/mol. The lowest BCUT2D eigenvalue weighted by Gasteiger charge is -2.40. The van der Waals surface area contributed by atoms with Crippen LogP contribution in [0.15, 0.2) is 11.4 Å². The van der Waals surface area contributed by atoms with E-state index in [1.54, 1.807) is 11.3 Å². The molecule has 0 aromatic carbocycles. The molecule has 2 N–H and O–H groups in total. The van der Waals surface area contributed by atoms with Crippen LogP contribution in [-0.2, 0) is 0 Å². The quantitative estimate of drug-likeness (QED) is 0.885. The fourth-order valence-corrected chi connectivity index (χ4v) is 2.94. The van der Waals surface area contributed by atoms with E-state index in [0.717, 1.165) is 16.3 Å². The van der Waals surface area contributed by atoms with Crippen molar-refractivity contribution < 1.29 is 0 Å². The van der Waals surface area contributed by atoms with Gasteiger partial charge in [-0.05, 0) is 38.9 Å². The van der Waals surface area contributed by atoms with E-state index in [1.807, 2.05) is 11.4 Å². The van der Waals surface area contributed by atoms with Crippen LogP contribution in [0, 0.1) is 0 Å². The van der Waals surface area contributed by atoms with Crippen molar-refractivity contribution in [2.24, 2.45) is 5.73 Å². The molecule has 0 bridgehead atoms. The minimum Gasteiger partial charge on any atom is -0.322 e. The van der Waals surface area contributed by atoms with E-state index in [1.165, 1.54) is 0 Å². The molecule has 4 heteroatoms. The number of rotatable bonds is 4. The van der Waals surface area contributed by atoms with E-state index in [2.05, 4.69) is 32.8 Å². The Balaban J connectivity index is 3.02. The monoisotopic (exact) mass is 246 g/mol. The van der Waals surface area contributed by atoms with E-state index in [9.17, 15) is 0 Å². The molecule has 1 aromatic heterocycles. The SMILES string of the molecule is CCC(C)(C(N)c1sccc1Cl)N(C)C. The minimum atomic E-state index is -0.0471. The van der Waals surface area contributed by atoms with Gasteiger partial charge in [-0.2, -0.15) is 0 Å². The van der Waals surface area contributed by atoms with Crippen LogP contribution < -0.4 is 5.73 Å². The maximum Gasteiger partial charge on any atom is 0.0588 e. The summed E-state index contributed by atoms with van der Waals surface area (Å²) in [7, 11) is 4.12. The molecule has 0 amide bonds. The van der Waals surface area contributed by atoms with Gasteiger partial charge in [0, 0.05) is 10.4 Å². The van der Waals surface area contributed by atoms with Crippen molar-refractivity contribution in [3.8, 4) is 0 Å². The molecule has 86 valence electrons. The average Bonchev–Trinajstić information content (AvgIpc) is 2.61. The summed E-state index contributed by atoms with van der Waals surface area (Å²) in [5.74, 6) is 0. The fourth-order valence-electron chi connectivity index (χ4n) is 1.62. The van der Waals surface area contributed by atoms with Gasteiger partial charge in [-0.3, -0.25) is 0 Å². The van der Waals surface area contributed by atoms with Gasteiger partial charge < -0.3 is 10.6 Å². The Kier molecular flexibility index (Phi) is 4.18. The lowest BCUT2D eigenvalue weighted by Crippen LogP contribution is -2.49. The number of thiophene rings is 1. The molecule has 2 nitrogen and oxygen atoms in total. The highest BCUT2D eigenvalue weighted by molar-refractivity contribution is 7.10. The van der Waals surface area contributed by atoms with Gasteiger partial charge in [-0.15, -0.1) is 11.3 Å². The van der Waals surface area contributed by atoms with Crippen LogP contribution in [0.4, 0.5) is 0 Å². The summed E-state index contributed by atoms with van der Waals surface area (Å²) < 4.78 is 0. The van der Waals surface area contributed by atoms with Gasteiger partial charge in [-0.1, -0.05) is 18.5 Å². The normalized spacial score (nSPS) is 17.8. The van der Waals surface area contributed by atoms with E-state index >= 15 is 0 Å². The van der Waals surface area contributed by atoms with E-state index in [4.69, 9.17) is 17.3 Å². The van der Waals surface area contributed by atoms with Gasteiger partial charge in [0.05, 0.1) is 11.1 Å². The van der Waals surface area contributed by atoms with Crippen molar-refractivity contribution in [3.63, 3.8) is 0 Å². The van der Waals surface area contributed by atoms with E-state index in [-0.39, 0.29) is 11.6 Å². The highest BCUT2D eigenvalue weighted by Crippen LogP contribution is 2.37. The second kappa shape index (κ2) is 4.83. The van der Waals surface area contributed by atoms with Gasteiger partial charge in [0.1, 0.15) is 0 Å². The molecule has 1 rings (SSSR count). The zero-order chi connectivity index (χ0) is 11.6. The predicted octanol–water partition coefficient (Wildman–Crippen LogP) is 3.13. The molecule has 0 aliphatic heterocycles. The molecule has 0 radical (unpaired) electrons. The Labute approximate surface area is 101 Å². The summed E-state index contributed by atoms with van der Waals surface area (Å²) in [6.07, 6.45) is 0.995. The summed E-state index contributed by atoms with van der Waals surface area (Å²) >= 11 is 7.75. The van der Waals surface area contributed by atoms with Gasteiger partial charge >= 0.3 is 0 Å². The molecule has 0 saturated carbocycles. The molecule has 2 atom stereocenters. The summed E-state index contributed by atoms with van der Waals surface area (Å²) in [6, 6.07) is 1.87. The second-order valence-electron chi connectivity index (χ2n) is 4.22. The largest absolute Gasteiger partial charge is 0.322 e. The zero-order valence-corrected chi connectivity index (χ0v) is 11.3. The van der Waals surface area contributed by atoms with Crippen LogP contribution in [0.5, 0.6) is 0 Å². The van der Waals surface area contributed by atoms with Crippen LogP contribution in [0.1, 0.15) is 31.2 Å². The summed E-state index contributed by atoms with van der Waals surface area (Å²) in [6.45, 7) is 4.33. The molecule has 15 heavy (non-hydrogen) atoms. The standard InChI is InChI=1S/C11H19ClN2S/c1-5-11(2,14(3)4)10(13)9-8(12)6-7-15-9/h6-7,10H,5,13H2,1-4H3. The van der Waals surface area contributed by atoms with Crippen LogP contribution in [0.25, 0.3) is 0 Å². The number of nitrogens with zero attached hydrogens (tertiary/aromatic N) is 1. The molecule has 0 fully saturated rings. The van der Waals surface area contributed by atoms with E-state index in [0.29, 0.717) is 0 Å². The van der Waals surface area contributed by atoms with Gasteiger partial charge in [-0.25, -0.2) is 0 Å². The van der Waals surface area contributed by atoms with Crippen LogP contribution in [-0.4, -0.2) is 24.5 Å². The number of hydrogen-bond donors (Lipinski definition) is 1. The van der Waals surface area contributed by atoms with Crippen LogP contribution >= 0.6 is 22.9 Å². The Morgan fingerprint density at radius 2 is 2.20 bits per heavy atom. The van der Waals surface area contributed by atoms with Gasteiger partial charge in [0.25, 0.3) is 0 Å². The third-order valence-corrected chi connectivity index (χ3v) is 4.78. The Hall–Kier alpha value is -0.0900. The molecule has 0 aliphatic rings. The first-order valence-corrected chi connectivity index (χ1v) is 6.35. The minimum absolute atomic E-state index is 0.0370. The van der Waals surface area contributed by atoms with Gasteiger partial charge in [0.15, 0.2) is 0 Å². The molecule has 0 spiro atoms. The van der Waals surface area contributed by atoms with Crippen molar-refractivity contribution in [1.82, 2.24) is 4.90 Å². The number of likely N-dealkylation sites (N-methyl/N-ethyl adjacent to an activating group) is 1. The van der Waals surface area contributed by atoms with Crippen molar-refractivity contribution in [1.29, 1.82) is 0 Å². The molecule has 1 heterocycles. The zero-order valence-electron chi connectivity index (χ0n) is 9.75. The summed E-state index contributed by atoms with van der Waals surface area (Å²) in [5.41, 5.74) is 6.27. The number of hydrogen-bond acceptors (Lipinski definition) is 3. The molecule has 1 aromatic rings. The van der Waals surface area contributed by atoms with Crippen molar-refractivity contribution in [2.75, 3.05) is 14.1 Å². The van der Waals surface area contributed by atoms with Crippen LogP contribution in [0.2, 0.25) is 5.02 Å². The Bertz CT molecular complexity index is 324. The summed E-state index contributed by atoms with van der Waals surface area (Å²) in [4.78, 5) is 3.25. The van der Waals surface area contributed by atoms with Crippen molar-refractivity contribution >= 4 is 22.9 Å². The first kappa shape index (κ1) is 13.0. The van der Waals surface area contributed by atoms with E-state index < -0.39 is 0 Å². The van der Waals surface area contributed by atoms with Crippen LogP contribution in [0.3, 0.4) is 0 Å². The molecule has 0 saturated heterocycles. The third kappa shape index (κ3) is 2.36. The smallest absolute Gasteiger partial charge is 0.0588 e. The number of halogens is 1. The Morgan fingerprint density at radius 3 is 2.53 bits per heavy atom. The molecular formula is C11H19ClN2S. The second-order valence-corrected chi connectivity index (χ2v) is 5.57. The van der Waals surface area contributed by atoms with Crippen molar-refractivity contribution in [2.45, 2.75) is 31.8 Å². The lowest BCUT2D eigenvalue weighted by molar-refractivity contribution is 0.133. The van der Waals surface area contributed by atoms with Gasteiger partial charge in [0.2, 0.25) is 0 Å². The van der Waals surface area contributed by atoms with Crippen molar-refractivity contribution in [3.05, 3.63) is 21.3 Å². The lowest BCUT2D eigenvalue weighted by atomic mass is 9.87.